The van der Waals surface area contributed by atoms with Gasteiger partial charge in [-0.05, 0) is 18.3 Å². The normalized spacial score (nSPS) is 21.2. The lowest BCUT2D eigenvalue weighted by atomic mass is 9.96. The highest BCUT2D eigenvalue weighted by molar-refractivity contribution is 14.1. The van der Waals surface area contributed by atoms with Crippen molar-refractivity contribution in [3.05, 3.63) is 0 Å². The molecule has 1 rings (SSSR count). The summed E-state index contributed by atoms with van der Waals surface area (Å²) < 4.78 is 12.1. The Morgan fingerprint density at radius 3 is 2.38 bits per heavy atom. The summed E-state index contributed by atoms with van der Waals surface area (Å²) in [6.07, 6.45) is 2.44. The van der Waals surface area contributed by atoms with E-state index in [1.807, 2.05) is 0 Å². The van der Waals surface area contributed by atoms with Crippen LogP contribution in [-0.4, -0.2) is 23.9 Å². The van der Waals surface area contributed by atoms with Crippen LogP contribution in [0.2, 0.25) is 0 Å². The zero-order valence-corrected chi connectivity index (χ0v) is 10.6. The van der Waals surface area contributed by atoms with Crippen LogP contribution in [0.4, 0.5) is 0 Å². The van der Waals surface area contributed by atoms with Gasteiger partial charge in [-0.15, -0.1) is 0 Å². The quantitative estimate of drug-likeness (QED) is 0.574. The third-order valence-electron chi connectivity index (χ3n) is 2.24. The van der Waals surface area contributed by atoms with Gasteiger partial charge in [-0.1, -0.05) is 36.4 Å². The molecule has 78 valence electrons. The molecule has 0 aliphatic carbocycles. The van der Waals surface area contributed by atoms with Crippen molar-refractivity contribution >= 4 is 22.6 Å². The summed E-state index contributed by atoms with van der Waals surface area (Å²) in [5.74, 6) is 1.53. The standard InChI is InChI=1S/C10H19IO2/c1-8(2)5-9(7-11)6-10-12-3-4-13-10/h8-10H,3-7H2,1-2H3/t9-/m1/s1. The predicted molar refractivity (Wildman–Crippen MR) is 62.1 cm³/mol. The Balaban J connectivity index is 2.21. The van der Waals surface area contributed by atoms with Crippen LogP contribution in [-0.2, 0) is 9.47 Å². The van der Waals surface area contributed by atoms with Crippen LogP contribution in [0.5, 0.6) is 0 Å². The Morgan fingerprint density at radius 1 is 1.31 bits per heavy atom. The predicted octanol–water partition coefficient (Wildman–Crippen LogP) is 2.85. The van der Waals surface area contributed by atoms with Crippen LogP contribution in [0.15, 0.2) is 0 Å². The van der Waals surface area contributed by atoms with Gasteiger partial charge in [0.15, 0.2) is 6.29 Å². The van der Waals surface area contributed by atoms with E-state index in [-0.39, 0.29) is 6.29 Å². The fourth-order valence-electron chi connectivity index (χ4n) is 1.70. The van der Waals surface area contributed by atoms with Gasteiger partial charge in [0.25, 0.3) is 0 Å². The second-order valence-corrected chi connectivity index (χ2v) is 4.94. The maximum Gasteiger partial charge on any atom is 0.158 e. The third kappa shape index (κ3) is 4.61. The van der Waals surface area contributed by atoms with Gasteiger partial charge in [0.05, 0.1) is 13.2 Å². The number of rotatable bonds is 5. The van der Waals surface area contributed by atoms with Crippen molar-refractivity contribution in [3.8, 4) is 0 Å². The monoisotopic (exact) mass is 298 g/mol. The van der Waals surface area contributed by atoms with Crippen LogP contribution >= 0.6 is 22.6 Å². The van der Waals surface area contributed by atoms with E-state index in [2.05, 4.69) is 36.4 Å². The van der Waals surface area contributed by atoms with E-state index in [9.17, 15) is 0 Å². The lowest BCUT2D eigenvalue weighted by Gasteiger charge is -2.19. The van der Waals surface area contributed by atoms with Gasteiger partial charge in [-0.3, -0.25) is 0 Å². The molecule has 0 bridgehead atoms. The van der Waals surface area contributed by atoms with E-state index in [1.54, 1.807) is 0 Å². The molecule has 0 aromatic rings. The fraction of sp³-hybridized carbons (Fsp3) is 1.00. The lowest BCUT2D eigenvalue weighted by Crippen LogP contribution is -2.17. The first-order valence-electron chi connectivity index (χ1n) is 5.01. The van der Waals surface area contributed by atoms with Crippen LogP contribution in [0.3, 0.4) is 0 Å². The molecule has 0 saturated carbocycles. The molecule has 0 amide bonds. The van der Waals surface area contributed by atoms with E-state index in [1.165, 1.54) is 10.8 Å². The molecule has 1 atom stereocenters. The molecule has 1 aliphatic rings. The highest BCUT2D eigenvalue weighted by Gasteiger charge is 2.21. The molecular formula is C10H19IO2. The Kier molecular flexibility index (Phi) is 5.58. The summed E-state index contributed by atoms with van der Waals surface area (Å²) in [5.41, 5.74) is 0. The van der Waals surface area contributed by atoms with Crippen molar-refractivity contribution in [1.82, 2.24) is 0 Å². The number of hydrogen-bond acceptors (Lipinski definition) is 2. The number of ether oxygens (including phenoxy) is 2. The molecule has 0 aromatic heterocycles. The van der Waals surface area contributed by atoms with Gasteiger partial charge < -0.3 is 9.47 Å². The van der Waals surface area contributed by atoms with Crippen molar-refractivity contribution in [3.63, 3.8) is 0 Å². The zero-order chi connectivity index (χ0) is 9.68. The first-order chi connectivity index (χ1) is 6.22. The minimum atomic E-state index is 0.0820. The topological polar surface area (TPSA) is 18.5 Å². The summed E-state index contributed by atoms with van der Waals surface area (Å²) >= 11 is 2.46. The van der Waals surface area contributed by atoms with Gasteiger partial charge in [-0.2, -0.15) is 0 Å². The second kappa shape index (κ2) is 6.19. The minimum absolute atomic E-state index is 0.0820. The molecule has 13 heavy (non-hydrogen) atoms. The van der Waals surface area contributed by atoms with Crippen LogP contribution in [0.1, 0.15) is 26.7 Å². The first kappa shape index (κ1) is 11.7. The highest BCUT2D eigenvalue weighted by Crippen LogP contribution is 2.22. The average molecular weight is 298 g/mol. The molecular weight excluding hydrogens is 279 g/mol. The van der Waals surface area contributed by atoms with E-state index in [0.29, 0.717) is 0 Å². The average Bonchev–Trinajstić information content (AvgIpc) is 2.55. The smallest absolute Gasteiger partial charge is 0.158 e. The number of halogens is 1. The van der Waals surface area contributed by atoms with Crippen molar-refractivity contribution in [2.75, 3.05) is 17.6 Å². The molecule has 2 nitrogen and oxygen atoms in total. The van der Waals surface area contributed by atoms with Gasteiger partial charge >= 0.3 is 0 Å². The summed E-state index contributed by atoms with van der Waals surface area (Å²) in [7, 11) is 0. The maximum absolute atomic E-state index is 5.44. The molecule has 0 unspecified atom stereocenters. The molecule has 1 fully saturated rings. The van der Waals surface area contributed by atoms with Gasteiger partial charge in [0.1, 0.15) is 0 Å². The van der Waals surface area contributed by atoms with Gasteiger partial charge in [0.2, 0.25) is 0 Å². The van der Waals surface area contributed by atoms with E-state index < -0.39 is 0 Å². The van der Waals surface area contributed by atoms with Crippen molar-refractivity contribution < 1.29 is 9.47 Å². The zero-order valence-electron chi connectivity index (χ0n) is 8.46. The third-order valence-corrected chi connectivity index (χ3v) is 3.49. The van der Waals surface area contributed by atoms with Crippen LogP contribution in [0.25, 0.3) is 0 Å². The van der Waals surface area contributed by atoms with Crippen LogP contribution < -0.4 is 0 Å². The summed E-state index contributed by atoms with van der Waals surface area (Å²) in [4.78, 5) is 0. The second-order valence-electron chi connectivity index (χ2n) is 4.06. The van der Waals surface area contributed by atoms with E-state index in [4.69, 9.17) is 9.47 Å². The summed E-state index contributed by atoms with van der Waals surface area (Å²) in [6.45, 7) is 6.10. The van der Waals surface area contributed by atoms with E-state index in [0.717, 1.165) is 31.5 Å². The molecule has 0 spiro atoms. The van der Waals surface area contributed by atoms with E-state index >= 15 is 0 Å². The van der Waals surface area contributed by atoms with Crippen molar-refractivity contribution in [1.29, 1.82) is 0 Å². The lowest BCUT2D eigenvalue weighted by molar-refractivity contribution is -0.0562. The van der Waals surface area contributed by atoms with Gasteiger partial charge in [-0.25, -0.2) is 0 Å². The molecule has 0 N–H and O–H groups in total. The van der Waals surface area contributed by atoms with Crippen molar-refractivity contribution in [2.45, 2.75) is 33.0 Å². The maximum atomic E-state index is 5.44. The Morgan fingerprint density at radius 2 is 1.92 bits per heavy atom. The molecule has 1 saturated heterocycles. The van der Waals surface area contributed by atoms with Gasteiger partial charge in [0, 0.05) is 10.8 Å². The number of hydrogen-bond donors (Lipinski definition) is 0. The summed E-state index contributed by atoms with van der Waals surface area (Å²) in [6, 6.07) is 0. The molecule has 3 heteroatoms. The fourth-order valence-corrected chi connectivity index (χ4v) is 2.42. The largest absolute Gasteiger partial charge is 0.350 e. The highest BCUT2D eigenvalue weighted by atomic mass is 127. The summed E-state index contributed by atoms with van der Waals surface area (Å²) in [5, 5.41) is 0. The Hall–Kier alpha value is 0.650. The Bertz CT molecular complexity index is 133. The first-order valence-corrected chi connectivity index (χ1v) is 6.54. The number of alkyl halides is 1. The minimum Gasteiger partial charge on any atom is -0.350 e. The Labute approximate surface area is 94.5 Å². The molecule has 1 aliphatic heterocycles. The molecule has 0 radical (unpaired) electrons. The van der Waals surface area contributed by atoms with Crippen LogP contribution in [0, 0.1) is 11.8 Å². The molecule has 0 aromatic carbocycles. The van der Waals surface area contributed by atoms with Crippen molar-refractivity contribution in [2.24, 2.45) is 11.8 Å². The molecule has 1 heterocycles. The SMILES string of the molecule is CC(C)C[C@@H](CI)CC1OCCO1.